The van der Waals surface area contributed by atoms with Crippen molar-refractivity contribution in [2.75, 3.05) is 13.7 Å². The van der Waals surface area contributed by atoms with Gasteiger partial charge in [-0.25, -0.2) is 0 Å². The molecule has 0 spiro atoms. The third-order valence-corrected chi connectivity index (χ3v) is 4.74. The van der Waals surface area contributed by atoms with Gasteiger partial charge in [0.15, 0.2) is 0 Å². The van der Waals surface area contributed by atoms with E-state index >= 15 is 0 Å². The van der Waals surface area contributed by atoms with Crippen LogP contribution in [0.5, 0.6) is 0 Å². The molecule has 0 fully saturated rings. The number of hydrogen-bond acceptors (Lipinski definition) is 3. The molecular formula is C16H29NOS. The smallest absolute Gasteiger partial charge is 0.0637 e. The van der Waals surface area contributed by atoms with Crippen molar-refractivity contribution >= 4 is 11.3 Å². The van der Waals surface area contributed by atoms with E-state index in [-0.39, 0.29) is 5.60 Å². The Kier molecular flexibility index (Phi) is 7.05. The summed E-state index contributed by atoms with van der Waals surface area (Å²) in [6.45, 7) is 9.85. The average molecular weight is 283 g/mol. The van der Waals surface area contributed by atoms with Crippen LogP contribution in [-0.2, 0) is 17.6 Å². The molecule has 0 aliphatic heterocycles. The van der Waals surface area contributed by atoms with E-state index in [9.17, 15) is 0 Å². The summed E-state index contributed by atoms with van der Waals surface area (Å²) >= 11 is 1.95. The summed E-state index contributed by atoms with van der Waals surface area (Å²) in [5.41, 5.74) is -0.0593. The monoisotopic (exact) mass is 283 g/mol. The molecule has 2 nitrogen and oxygen atoms in total. The van der Waals surface area contributed by atoms with Gasteiger partial charge in [-0.2, -0.15) is 0 Å². The fourth-order valence-electron chi connectivity index (χ4n) is 2.21. The molecule has 0 aliphatic rings. The van der Waals surface area contributed by atoms with Crippen LogP contribution in [0, 0.1) is 0 Å². The lowest BCUT2D eigenvalue weighted by Gasteiger charge is -2.29. The van der Waals surface area contributed by atoms with Gasteiger partial charge in [-0.3, -0.25) is 0 Å². The molecule has 0 aliphatic carbocycles. The van der Waals surface area contributed by atoms with Crippen LogP contribution in [0.2, 0.25) is 0 Å². The lowest BCUT2D eigenvalue weighted by molar-refractivity contribution is 0.00720. The average Bonchev–Trinajstić information content (AvgIpc) is 2.83. The molecule has 1 atom stereocenters. The van der Waals surface area contributed by atoms with E-state index in [0.717, 1.165) is 25.8 Å². The maximum absolute atomic E-state index is 5.58. The van der Waals surface area contributed by atoms with Gasteiger partial charge >= 0.3 is 0 Å². The molecule has 1 unspecified atom stereocenters. The van der Waals surface area contributed by atoms with Crippen molar-refractivity contribution in [2.45, 2.75) is 65.0 Å². The Morgan fingerprint density at radius 2 is 1.95 bits per heavy atom. The van der Waals surface area contributed by atoms with Crippen molar-refractivity contribution < 1.29 is 4.74 Å². The molecule has 1 aromatic rings. The lowest BCUT2D eigenvalue weighted by atomic mass is 9.96. The van der Waals surface area contributed by atoms with Crippen molar-refractivity contribution in [1.29, 1.82) is 0 Å². The number of thiophene rings is 1. The molecule has 1 rings (SSSR count). The summed E-state index contributed by atoms with van der Waals surface area (Å²) in [4.78, 5) is 2.97. The van der Waals surface area contributed by atoms with Crippen molar-refractivity contribution in [3.05, 3.63) is 21.9 Å². The molecule has 0 aromatic carbocycles. The number of nitrogens with one attached hydrogen (secondary N) is 1. The largest absolute Gasteiger partial charge is 0.379 e. The predicted octanol–water partition coefficient (Wildman–Crippen LogP) is 4.04. The normalized spacial score (nSPS) is 13.7. The first-order valence-electron chi connectivity index (χ1n) is 7.36. The van der Waals surface area contributed by atoms with Crippen LogP contribution < -0.4 is 5.32 Å². The van der Waals surface area contributed by atoms with E-state index in [1.54, 1.807) is 7.11 Å². The van der Waals surface area contributed by atoms with E-state index in [1.165, 1.54) is 16.2 Å². The number of hydrogen-bond donors (Lipinski definition) is 1. The highest BCUT2D eigenvalue weighted by Gasteiger charge is 2.23. The molecule has 1 aromatic heterocycles. The maximum atomic E-state index is 5.58. The van der Waals surface area contributed by atoms with Gasteiger partial charge in [-0.05, 0) is 58.2 Å². The zero-order valence-corrected chi connectivity index (χ0v) is 13.9. The summed E-state index contributed by atoms with van der Waals surface area (Å²) in [6.07, 6.45) is 4.47. The van der Waals surface area contributed by atoms with Crippen molar-refractivity contribution in [2.24, 2.45) is 0 Å². The molecule has 19 heavy (non-hydrogen) atoms. The summed E-state index contributed by atoms with van der Waals surface area (Å²) < 4.78 is 5.58. The van der Waals surface area contributed by atoms with E-state index in [1.807, 2.05) is 11.3 Å². The van der Waals surface area contributed by atoms with Gasteiger partial charge in [0, 0.05) is 22.9 Å². The molecule has 3 heteroatoms. The minimum atomic E-state index is -0.0593. The van der Waals surface area contributed by atoms with Crippen LogP contribution >= 0.6 is 11.3 Å². The first kappa shape index (κ1) is 16.7. The Labute approximate surface area is 122 Å². The van der Waals surface area contributed by atoms with Gasteiger partial charge in [0.1, 0.15) is 0 Å². The van der Waals surface area contributed by atoms with Gasteiger partial charge in [0.05, 0.1) is 5.60 Å². The summed E-state index contributed by atoms with van der Waals surface area (Å²) in [7, 11) is 1.80. The van der Waals surface area contributed by atoms with Gasteiger partial charge in [0.2, 0.25) is 0 Å². The molecule has 1 heterocycles. The summed E-state index contributed by atoms with van der Waals surface area (Å²) in [5.74, 6) is 0. The van der Waals surface area contributed by atoms with Gasteiger partial charge in [0.25, 0.3) is 0 Å². The molecule has 110 valence electrons. The van der Waals surface area contributed by atoms with Crippen LogP contribution in [0.4, 0.5) is 0 Å². The second-order valence-corrected chi connectivity index (χ2v) is 7.00. The third-order valence-electron chi connectivity index (χ3n) is 3.49. The number of aryl methyl sites for hydroxylation is 1. The van der Waals surface area contributed by atoms with Gasteiger partial charge in [-0.15, -0.1) is 11.3 Å². The highest BCUT2D eigenvalue weighted by Crippen LogP contribution is 2.22. The number of methoxy groups -OCH3 is 1. The first-order valence-corrected chi connectivity index (χ1v) is 8.18. The molecule has 0 saturated heterocycles. The number of ether oxygens (including phenoxy) is 1. The van der Waals surface area contributed by atoms with E-state index in [4.69, 9.17) is 4.74 Å². The minimum absolute atomic E-state index is 0.0593. The molecular weight excluding hydrogens is 254 g/mol. The molecule has 0 amide bonds. The summed E-state index contributed by atoms with van der Waals surface area (Å²) in [6, 6.07) is 5.04. The van der Waals surface area contributed by atoms with Crippen LogP contribution in [0.15, 0.2) is 12.1 Å². The second-order valence-electron chi connectivity index (χ2n) is 5.74. The molecule has 1 N–H and O–H groups in total. The maximum Gasteiger partial charge on any atom is 0.0637 e. The SMILES string of the molecule is CCCNC(Cc1ccc(CC)s1)CC(C)(C)OC. The van der Waals surface area contributed by atoms with Crippen molar-refractivity contribution in [3.63, 3.8) is 0 Å². The Morgan fingerprint density at radius 3 is 2.47 bits per heavy atom. The highest BCUT2D eigenvalue weighted by molar-refractivity contribution is 7.11. The quantitative estimate of drug-likeness (QED) is 0.738. The Bertz CT molecular complexity index is 359. The first-order chi connectivity index (χ1) is 9.00. The van der Waals surface area contributed by atoms with E-state index in [0.29, 0.717) is 6.04 Å². The van der Waals surface area contributed by atoms with Gasteiger partial charge < -0.3 is 10.1 Å². The topological polar surface area (TPSA) is 21.3 Å². The second kappa shape index (κ2) is 8.03. The zero-order chi connectivity index (χ0) is 14.3. The van der Waals surface area contributed by atoms with Crippen LogP contribution in [0.1, 0.15) is 50.3 Å². The minimum Gasteiger partial charge on any atom is -0.379 e. The Hall–Kier alpha value is -0.380. The van der Waals surface area contributed by atoms with Crippen LogP contribution in [-0.4, -0.2) is 25.3 Å². The molecule has 0 radical (unpaired) electrons. The fourth-order valence-corrected chi connectivity index (χ4v) is 3.24. The van der Waals surface area contributed by atoms with E-state index in [2.05, 4.69) is 45.1 Å². The van der Waals surface area contributed by atoms with E-state index < -0.39 is 0 Å². The standard InChI is InChI=1S/C16H29NOS/c1-6-10-17-13(12-16(3,4)18-5)11-15-9-8-14(7-2)19-15/h8-9,13,17H,6-7,10-12H2,1-5H3. The lowest BCUT2D eigenvalue weighted by Crippen LogP contribution is -2.39. The zero-order valence-electron chi connectivity index (χ0n) is 13.1. The fraction of sp³-hybridized carbons (Fsp3) is 0.750. The Balaban J connectivity index is 2.62. The number of rotatable bonds is 9. The highest BCUT2D eigenvalue weighted by atomic mass is 32.1. The third kappa shape index (κ3) is 6.07. The van der Waals surface area contributed by atoms with Crippen LogP contribution in [0.25, 0.3) is 0 Å². The van der Waals surface area contributed by atoms with Crippen LogP contribution in [0.3, 0.4) is 0 Å². The predicted molar refractivity (Wildman–Crippen MR) is 85.2 cm³/mol. The molecule has 0 saturated carbocycles. The van der Waals surface area contributed by atoms with Gasteiger partial charge in [-0.1, -0.05) is 13.8 Å². The summed E-state index contributed by atoms with van der Waals surface area (Å²) in [5, 5.41) is 3.66. The Morgan fingerprint density at radius 1 is 1.26 bits per heavy atom. The molecule has 0 bridgehead atoms. The van der Waals surface area contributed by atoms with Crippen molar-refractivity contribution in [3.8, 4) is 0 Å². The van der Waals surface area contributed by atoms with Crippen molar-refractivity contribution in [1.82, 2.24) is 5.32 Å².